The van der Waals surface area contributed by atoms with E-state index in [4.69, 9.17) is 0 Å². The van der Waals surface area contributed by atoms with Crippen molar-refractivity contribution in [2.45, 2.75) is 45.1 Å². The molecule has 2 rings (SSSR count). The quantitative estimate of drug-likeness (QED) is 0.720. The Morgan fingerprint density at radius 2 is 2.05 bits per heavy atom. The highest BCUT2D eigenvalue weighted by Gasteiger charge is 2.35. The van der Waals surface area contributed by atoms with Crippen LogP contribution in [-0.4, -0.2) is 16.8 Å². The Labute approximate surface area is 138 Å². The molecule has 1 aliphatic rings. The van der Waals surface area contributed by atoms with Gasteiger partial charge in [0.05, 0.1) is 11.1 Å². The summed E-state index contributed by atoms with van der Waals surface area (Å²) >= 11 is 7.07. The number of hydrogen-bond acceptors (Lipinski definition) is 1. The molecule has 4 heteroatoms. The molecule has 0 heterocycles. The lowest BCUT2D eigenvalue weighted by Crippen LogP contribution is -2.52. The molecule has 1 amide bonds. The van der Waals surface area contributed by atoms with Gasteiger partial charge in [-0.25, -0.2) is 0 Å². The van der Waals surface area contributed by atoms with Gasteiger partial charge in [-0.15, -0.1) is 0 Å². The molecule has 0 spiro atoms. The molecule has 1 aromatic rings. The molecule has 1 aromatic carbocycles. The summed E-state index contributed by atoms with van der Waals surface area (Å²) in [5.41, 5.74) is 1.74. The predicted molar refractivity (Wildman–Crippen MR) is 90.5 cm³/mol. The minimum atomic E-state index is -0.0905. The number of amides is 1. The predicted octanol–water partition coefficient (Wildman–Crippen LogP) is 4.83. The van der Waals surface area contributed by atoms with E-state index in [0.29, 0.717) is 0 Å². The van der Waals surface area contributed by atoms with Gasteiger partial charge < -0.3 is 5.32 Å². The SMILES string of the molecule is Cc1ccc(Br)c(C(=O)NC2(CBr)CCC(C)CC2)c1. The van der Waals surface area contributed by atoms with E-state index in [1.807, 2.05) is 25.1 Å². The number of alkyl halides is 1. The van der Waals surface area contributed by atoms with E-state index >= 15 is 0 Å². The molecule has 2 nitrogen and oxygen atoms in total. The van der Waals surface area contributed by atoms with Gasteiger partial charge in [-0.05, 0) is 66.6 Å². The van der Waals surface area contributed by atoms with E-state index < -0.39 is 0 Å². The van der Waals surface area contributed by atoms with Crippen molar-refractivity contribution in [3.63, 3.8) is 0 Å². The van der Waals surface area contributed by atoms with Gasteiger partial charge in [0.2, 0.25) is 0 Å². The largest absolute Gasteiger partial charge is 0.346 e. The summed E-state index contributed by atoms with van der Waals surface area (Å²) in [5.74, 6) is 0.791. The Morgan fingerprint density at radius 1 is 1.40 bits per heavy atom. The van der Waals surface area contributed by atoms with Crippen LogP contribution in [0.3, 0.4) is 0 Å². The van der Waals surface area contributed by atoms with Crippen LogP contribution < -0.4 is 5.32 Å². The van der Waals surface area contributed by atoms with Gasteiger partial charge in [0.25, 0.3) is 5.91 Å². The van der Waals surface area contributed by atoms with Crippen molar-refractivity contribution >= 4 is 37.8 Å². The molecule has 1 saturated carbocycles. The summed E-state index contributed by atoms with van der Waals surface area (Å²) in [5, 5.41) is 4.09. The molecule has 110 valence electrons. The van der Waals surface area contributed by atoms with Crippen molar-refractivity contribution in [3.05, 3.63) is 33.8 Å². The second-order valence-corrected chi connectivity index (χ2v) is 7.45. The van der Waals surface area contributed by atoms with Crippen LogP contribution in [-0.2, 0) is 0 Å². The van der Waals surface area contributed by atoms with Crippen LogP contribution in [0.4, 0.5) is 0 Å². The zero-order valence-corrected chi connectivity index (χ0v) is 15.2. The second kappa shape index (κ2) is 6.61. The lowest BCUT2D eigenvalue weighted by molar-refractivity contribution is 0.0873. The molecule has 20 heavy (non-hydrogen) atoms. The summed E-state index contributed by atoms with van der Waals surface area (Å²) in [6.07, 6.45) is 4.46. The lowest BCUT2D eigenvalue weighted by atomic mass is 9.78. The maximum atomic E-state index is 12.6. The summed E-state index contributed by atoms with van der Waals surface area (Å²) < 4.78 is 0.856. The maximum absolute atomic E-state index is 12.6. The number of carbonyl (C=O) groups is 1. The van der Waals surface area contributed by atoms with Gasteiger partial charge in [0.1, 0.15) is 0 Å². The number of rotatable bonds is 3. The number of halogens is 2. The number of benzene rings is 1. The average Bonchev–Trinajstić information content (AvgIpc) is 2.44. The van der Waals surface area contributed by atoms with Crippen molar-refractivity contribution in [2.24, 2.45) is 5.92 Å². The van der Waals surface area contributed by atoms with Crippen LogP contribution in [0.25, 0.3) is 0 Å². The molecule has 1 aliphatic carbocycles. The smallest absolute Gasteiger partial charge is 0.252 e. The fourth-order valence-electron chi connectivity index (χ4n) is 2.73. The van der Waals surface area contributed by atoms with Gasteiger partial charge in [0, 0.05) is 9.80 Å². The molecular weight excluding hydrogens is 382 g/mol. The number of carbonyl (C=O) groups excluding carboxylic acids is 1. The van der Waals surface area contributed by atoms with Gasteiger partial charge in [-0.1, -0.05) is 34.5 Å². The molecular formula is C16H21Br2NO. The summed E-state index contributed by atoms with van der Waals surface area (Å²) in [6, 6.07) is 5.88. The first-order valence-electron chi connectivity index (χ1n) is 7.10. The van der Waals surface area contributed by atoms with Crippen molar-refractivity contribution in [1.82, 2.24) is 5.32 Å². The topological polar surface area (TPSA) is 29.1 Å². The van der Waals surface area contributed by atoms with Crippen LogP contribution in [0.2, 0.25) is 0 Å². The zero-order chi connectivity index (χ0) is 14.8. The third kappa shape index (κ3) is 3.64. The van der Waals surface area contributed by atoms with Crippen LogP contribution in [0, 0.1) is 12.8 Å². The molecule has 0 radical (unpaired) electrons. The lowest BCUT2D eigenvalue weighted by Gasteiger charge is -2.39. The Kier molecular flexibility index (Phi) is 5.30. The van der Waals surface area contributed by atoms with Crippen molar-refractivity contribution in [1.29, 1.82) is 0 Å². The Bertz CT molecular complexity index is 493. The first-order valence-corrected chi connectivity index (χ1v) is 9.02. The molecule has 1 N–H and O–H groups in total. The van der Waals surface area contributed by atoms with Crippen LogP contribution in [0.15, 0.2) is 22.7 Å². The fraction of sp³-hybridized carbons (Fsp3) is 0.562. The maximum Gasteiger partial charge on any atom is 0.252 e. The number of hydrogen-bond donors (Lipinski definition) is 1. The van der Waals surface area contributed by atoms with E-state index in [9.17, 15) is 4.79 Å². The molecule has 0 aromatic heterocycles. The minimum Gasteiger partial charge on any atom is -0.346 e. The standard InChI is InChI=1S/C16H21Br2NO/c1-11-5-7-16(10-17,8-6-11)19-15(20)13-9-12(2)3-4-14(13)18/h3-4,9,11H,5-8,10H2,1-2H3,(H,19,20). The van der Waals surface area contributed by atoms with Crippen LogP contribution in [0.1, 0.15) is 48.5 Å². The van der Waals surface area contributed by atoms with Crippen LogP contribution in [0.5, 0.6) is 0 Å². The third-order valence-electron chi connectivity index (χ3n) is 4.23. The first kappa shape index (κ1) is 16.0. The molecule has 0 saturated heterocycles. The molecule has 1 fully saturated rings. The average molecular weight is 403 g/mol. The number of nitrogens with one attached hydrogen (secondary N) is 1. The summed E-state index contributed by atoms with van der Waals surface area (Å²) in [6.45, 7) is 4.29. The Hall–Kier alpha value is -0.350. The van der Waals surface area contributed by atoms with E-state index in [-0.39, 0.29) is 11.4 Å². The highest BCUT2D eigenvalue weighted by molar-refractivity contribution is 9.10. The second-order valence-electron chi connectivity index (χ2n) is 6.03. The molecule has 0 bridgehead atoms. The Morgan fingerprint density at radius 3 is 2.65 bits per heavy atom. The summed E-state index contributed by atoms with van der Waals surface area (Å²) in [7, 11) is 0. The van der Waals surface area contributed by atoms with E-state index in [0.717, 1.165) is 39.7 Å². The third-order valence-corrected chi connectivity index (χ3v) is 6.00. The van der Waals surface area contributed by atoms with E-state index in [1.54, 1.807) is 0 Å². The minimum absolute atomic E-state index is 0.0228. The fourth-order valence-corrected chi connectivity index (χ4v) is 3.86. The monoisotopic (exact) mass is 401 g/mol. The first-order chi connectivity index (χ1) is 9.46. The highest BCUT2D eigenvalue weighted by atomic mass is 79.9. The van der Waals surface area contributed by atoms with E-state index in [1.165, 1.54) is 12.8 Å². The molecule has 0 aliphatic heterocycles. The van der Waals surface area contributed by atoms with Crippen LogP contribution >= 0.6 is 31.9 Å². The normalized spacial score (nSPS) is 26.3. The Balaban J connectivity index is 2.15. The van der Waals surface area contributed by atoms with Crippen molar-refractivity contribution in [3.8, 4) is 0 Å². The van der Waals surface area contributed by atoms with Gasteiger partial charge in [0.15, 0.2) is 0 Å². The van der Waals surface area contributed by atoms with Gasteiger partial charge in [-0.3, -0.25) is 4.79 Å². The molecule has 0 unspecified atom stereocenters. The molecule has 0 atom stereocenters. The van der Waals surface area contributed by atoms with E-state index in [2.05, 4.69) is 44.1 Å². The zero-order valence-electron chi connectivity index (χ0n) is 12.0. The highest BCUT2D eigenvalue weighted by Crippen LogP contribution is 2.33. The van der Waals surface area contributed by atoms with Gasteiger partial charge in [-0.2, -0.15) is 0 Å². The summed E-state index contributed by atoms with van der Waals surface area (Å²) in [4.78, 5) is 12.6. The van der Waals surface area contributed by atoms with Crippen molar-refractivity contribution < 1.29 is 4.79 Å². The van der Waals surface area contributed by atoms with Crippen molar-refractivity contribution in [2.75, 3.05) is 5.33 Å². The van der Waals surface area contributed by atoms with Gasteiger partial charge >= 0.3 is 0 Å². The number of aryl methyl sites for hydroxylation is 1.